The van der Waals surface area contributed by atoms with Gasteiger partial charge in [0.25, 0.3) is 0 Å². The van der Waals surface area contributed by atoms with Gasteiger partial charge in [-0.1, -0.05) is 18.1 Å². The lowest BCUT2D eigenvalue weighted by Gasteiger charge is -2.53. The Hall–Kier alpha value is -0.760. The predicted molar refractivity (Wildman–Crippen MR) is 90.9 cm³/mol. The SMILES string of the molecule is COC1=CCC2=C(CC[C@@H]3[C@@H]2CC[C@@]2(C)[C@H]3C[C@H]3C[C@]32OC)C1. The second-order valence-corrected chi connectivity index (χ2v) is 8.99. The van der Waals surface area contributed by atoms with E-state index in [0.29, 0.717) is 5.41 Å². The fourth-order valence-electron chi connectivity index (χ4n) is 7.40. The summed E-state index contributed by atoms with van der Waals surface area (Å²) in [6.45, 7) is 2.57. The molecule has 0 spiro atoms. The van der Waals surface area contributed by atoms with Crippen LogP contribution in [0.3, 0.4) is 0 Å². The molecule has 3 saturated carbocycles. The molecular weight excluding hydrogens is 284 g/mol. The molecule has 6 atom stereocenters. The number of methoxy groups -OCH3 is 2. The first-order valence-corrected chi connectivity index (χ1v) is 9.62. The Kier molecular flexibility index (Phi) is 2.95. The molecule has 5 aliphatic rings. The Morgan fingerprint density at radius 1 is 1.22 bits per heavy atom. The maximum Gasteiger partial charge on any atom is 0.0959 e. The van der Waals surface area contributed by atoms with Crippen molar-refractivity contribution in [3.8, 4) is 0 Å². The fraction of sp³-hybridized carbons (Fsp3) is 0.810. The Morgan fingerprint density at radius 3 is 2.87 bits per heavy atom. The van der Waals surface area contributed by atoms with Crippen LogP contribution in [-0.2, 0) is 9.47 Å². The standard InChI is InChI=1S/C21H30O2/c1-20-9-8-17-16-7-5-15(22-2)10-13(16)4-6-18(17)19(20)11-14-12-21(14,20)23-3/h5,14,17-19H,4,6-12H2,1-3H3/t14-,17+,18+,19-,20-,21-/m0/s1. The normalized spacial score (nSPS) is 50.5. The summed E-state index contributed by atoms with van der Waals surface area (Å²) in [7, 11) is 3.80. The average Bonchev–Trinajstić information content (AvgIpc) is 3.25. The van der Waals surface area contributed by atoms with Gasteiger partial charge in [-0.3, -0.25) is 0 Å². The zero-order valence-electron chi connectivity index (χ0n) is 14.9. The van der Waals surface area contributed by atoms with Crippen LogP contribution in [0.25, 0.3) is 0 Å². The minimum atomic E-state index is 0.257. The molecule has 0 bridgehead atoms. The van der Waals surface area contributed by atoms with E-state index in [9.17, 15) is 0 Å². The van der Waals surface area contributed by atoms with Crippen molar-refractivity contribution >= 4 is 0 Å². The molecule has 23 heavy (non-hydrogen) atoms. The van der Waals surface area contributed by atoms with Crippen molar-refractivity contribution in [1.82, 2.24) is 0 Å². The molecule has 2 heteroatoms. The van der Waals surface area contributed by atoms with Gasteiger partial charge >= 0.3 is 0 Å². The first-order chi connectivity index (χ1) is 11.1. The van der Waals surface area contributed by atoms with Gasteiger partial charge in [-0.25, -0.2) is 0 Å². The largest absolute Gasteiger partial charge is 0.501 e. The molecule has 0 aromatic rings. The van der Waals surface area contributed by atoms with Gasteiger partial charge in [0.2, 0.25) is 0 Å². The molecule has 5 aliphatic carbocycles. The molecule has 0 N–H and O–H groups in total. The molecule has 0 unspecified atom stereocenters. The molecule has 0 aromatic carbocycles. The maximum absolute atomic E-state index is 6.12. The summed E-state index contributed by atoms with van der Waals surface area (Å²) < 4.78 is 11.6. The summed E-state index contributed by atoms with van der Waals surface area (Å²) in [6.07, 6.45) is 12.9. The Bertz CT molecular complexity index is 599. The van der Waals surface area contributed by atoms with Crippen LogP contribution >= 0.6 is 0 Å². The predicted octanol–water partition coefficient (Wildman–Crippen LogP) is 4.86. The van der Waals surface area contributed by atoms with Crippen molar-refractivity contribution < 1.29 is 9.47 Å². The highest BCUT2D eigenvalue weighted by atomic mass is 16.5. The summed E-state index contributed by atoms with van der Waals surface area (Å²) in [5.41, 5.74) is 4.23. The lowest BCUT2D eigenvalue weighted by atomic mass is 9.53. The number of rotatable bonds is 2. The summed E-state index contributed by atoms with van der Waals surface area (Å²) >= 11 is 0. The first-order valence-electron chi connectivity index (χ1n) is 9.62. The van der Waals surface area contributed by atoms with E-state index in [-0.39, 0.29) is 5.60 Å². The van der Waals surface area contributed by atoms with Gasteiger partial charge in [-0.2, -0.15) is 0 Å². The zero-order valence-corrected chi connectivity index (χ0v) is 14.9. The second kappa shape index (κ2) is 4.65. The van der Waals surface area contributed by atoms with Crippen LogP contribution in [-0.4, -0.2) is 19.8 Å². The van der Waals surface area contributed by atoms with E-state index in [2.05, 4.69) is 13.0 Å². The van der Waals surface area contributed by atoms with Crippen LogP contribution in [0.2, 0.25) is 0 Å². The number of fused-ring (bicyclic) bond motifs is 6. The van der Waals surface area contributed by atoms with E-state index in [1.807, 2.05) is 14.2 Å². The van der Waals surface area contributed by atoms with Gasteiger partial charge in [0.1, 0.15) is 0 Å². The molecule has 0 saturated heterocycles. The van der Waals surface area contributed by atoms with Crippen LogP contribution in [0.15, 0.2) is 23.0 Å². The van der Waals surface area contributed by atoms with E-state index in [4.69, 9.17) is 9.47 Å². The molecule has 0 amide bonds. The van der Waals surface area contributed by atoms with E-state index >= 15 is 0 Å². The van der Waals surface area contributed by atoms with Gasteiger partial charge < -0.3 is 9.47 Å². The minimum Gasteiger partial charge on any atom is -0.501 e. The fourth-order valence-corrected chi connectivity index (χ4v) is 7.40. The van der Waals surface area contributed by atoms with Crippen molar-refractivity contribution in [2.75, 3.05) is 14.2 Å². The molecule has 126 valence electrons. The monoisotopic (exact) mass is 314 g/mol. The number of ether oxygens (including phenoxy) is 2. The van der Waals surface area contributed by atoms with E-state index in [0.717, 1.165) is 36.5 Å². The van der Waals surface area contributed by atoms with Gasteiger partial charge in [-0.15, -0.1) is 0 Å². The van der Waals surface area contributed by atoms with E-state index in [1.54, 1.807) is 11.1 Å². The molecular formula is C21H30O2. The highest BCUT2D eigenvalue weighted by molar-refractivity contribution is 5.34. The van der Waals surface area contributed by atoms with Crippen molar-refractivity contribution in [1.29, 1.82) is 0 Å². The quantitative estimate of drug-likeness (QED) is 0.678. The average molecular weight is 314 g/mol. The minimum absolute atomic E-state index is 0.257. The summed E-state index contributed by atoms with van der Waals surface area (Å²) in [5, 5.41) is 0. The van der Waals surface area contributed by atoms with Gasteiger partial charge in [-0.05, 0) is 80.1 Å². The van der Waals surface area contributed by atoms with Gasteiger partial charge in [0.15, 0.2) is 0 Å². The first kappa shape index (κ1) is 14.6. The summed E-state index contributed by atoms with van der Waals surface area (Å²) in [4.78, 5) is 0. The lowest BCUT2D eigenvalue weighted by Crippen LogP contribution is -2.48. The summed E-state index contributed by atoms with van der Waals surface area (Å²) in [5.74, 6) is 4.75. The highest BCUT2D eigenvalue weighted by Crippen LogP contribution is 2.75. The Labute approximate surface area is 140 Å². The molecule has 5 rings (SSSR count). The third kappa shape index (κ3) is 1.69. The Balaban J connectivity index is 1.44. The Morgan fingerprint density at radius 2 is 2.09 bits per heavy atom. The van der Waals surface area contributed by atoms with Crippen LogP contribution in [0, 0.1) is 29.1 Å². The van der Waals surface area contributed by atoms with Crippen molar-refractivity contribution in [3.05, 3.63) is 23.0 Å². The third-order valence-corrected chi connectivity index (χ3v) is 8.63. The molecule has 0 aliphatic heterocycles. The van der Waals surface area contributed by atoms with Crippen LogP contribution in [0.4, 0.5) is 0 Å². The lowest BCUT2D eigenvalue weighted by molar-refractivity contribution is -0.0854. The van der Waals surface area contributed by atoms with E-state index < -0.39 is 0 Å². The highest BCUT2D eigenvalue weighted by Gasteiger charge is 2.74. The van der Waals surface area contributed by atoms with Crippen LogP contribution < -0.4 is 0 Å². The van der Waals surface area contributed by atoms with Crippen molar-refractivity contribution in [2.24, 2.45) is 29.1 Å². The number of hydrogen-bond donors (Lipinski definition) is 0. The molecule has 3 fully saturated rings. The van der Waals surface area contributed by atoms with Crippen molar-refractivity contribution in [3.63, 3.8) is 0 Å². The van der Waals surface area contributed by atoms with Gasteiger partial charge in [0.05, 0.1) is 18.5 Å². The van der Waals surface area contributed by atoms with Crippen LogP contribution in [0.1, 0.15) is 58.3 Å². The topological polar surface area (TPSA) is 18.5 Å². The molecule has 2 nitrogen and oxygen atoms in total. The molecule has 0 aromatic heterocycles. The molecule has 0 radical (unpaired) electrons. The van der Waals surface area contributed by atoms with E-state index in [1.165, 1.54) is 44.3 Å². The maximum atomic E-state index is 6.12. The second-order valence-electron chi connectivity index (χ2n) is 8.99. The van der Waals surface area contributed by atoms with Crippen LogP contribution in [0.5, 0.6) is 0 Å². The van der Waals surface area contributed by atoms with Gasteiger partial charge in [0, 0.05) is 13.5 Å². The summed E-state index contributed by atoms with van der Waals surface area (Å²) in [6, 6.07) is 0. The third-order valence-electron chi connectivity index (χ3n) is 8.63. The zero-order chi connectivity index (χ0) is 15.8. The number of hydrogen-bond acceptors (Lipinski definition) is 2. The van der Waals surface area contributed by atoms with Crippen molar-refractivity contribution in [2.45, 2.75) is 63.9 Å². The number of allylic oxidation sites excluding steroid dienone is 3. The molecule has 0 heterocycles. The smallest absolute Gasteiger partial charge is 0.0959 e.